The van der Waals surface area contributed by atoms with Gasteiger partial charge < -0.3 is 22.1 Å². The lowest BCUT2D eigenvalue weighted by Gasteiger charge is -2.14. The van der Waals surface area contributed by atoms with Gasteiger partial charge in [0.25, 0.3) is 11.8 Å². The van der Waals surface area contributed by atoms with Crippen molar-refractivity contribution in [1.29, 1.82) is 5.26 Å². The Kier molecular flexibility index (Phi) is 11.5. The maximum atomic E-state index is 12.2. The fraction of sp³-hybridized carbons (Fsp3) is 0.250. The summed E-state index contributed by atoms with van der Waals surface area (Å²) in [6.45, 7) is -0.168. The van der Waals surface area contributed by atoms with Gasteiger partial charge in [-0.1, -0.05) is 19.3 Å². The number of hydroxylamine groups is 1. The number of carbonyl (C=O) groups is 3. The third-order valence-corrected chi connectivity index (χ3v) is 4.52. The number of hydrogen-bond donors (Lipinski definition) is 6. The predicted octanol–water partition coefficient (Wildman–Crippen LogP) is 0.855. The third-order valence-electron chi connectivity index (χ3n) is 4.52. The molecule has 3 amide bonds. The van der Waals surface area contributed by atoms with Gasteiger partial charge in [-0.3, -0.25) is 19.6 Å². The first-order valence-electron chi connectivity index (χ1n) is 9.98. The Bertz CT molecular complexity index is 1080. The van der Waals surface area contributed by atoms with Gasteiger partial charge in [0.1, 0.15) is 6.04 Å². The molecular weight excluding hydrogens is 436 g/mol. The zero-order valence-corrected chi connectivity index (χ0v) is 17.7. The molecule has 0 unspecified atom stereocenters. The van der Waals surface area contributed by atoms with Crippen molar-refractivity contribution >= 4 is 23.4 Å². The van der Waals surface area contributed by atoms with Gasteiger partial charge in [-0.2, -0.15) is 5.26 Å². The van der Waals surface area contributed by atoms with Crippen LogP contribution in [0.25, 0.3) is 0 Å². The monoisotopic (exact) mass is 464 g/mol. The van der Waals surface area contributed by atoms with Gasteiger partial charge in [-0.05, 0) is 55.0 Å². The van der Waals surface area contributed by atoms with E-state index in [9.17, 15) is 14.4 Å². The minimum absolute atomic E-state index is 0. The fourth-order valence-corrected chi connectivity index (χ4v) is 2.62. The maximum absolute atomic E-state index is 12.2. The molecule has 8 N–H and O–H groups in total. The van der Waals surface area contributed by atoms with E-state index < -0.39 is 23.9 Å². The lowest BCUT2D eigenvalue weighted by atomic mass is 10.1. The van der Waals surface area contributed by atoms with Gasteiger partial charge in [0, 0.05) is 35.3 Å². The number of hydrogen-bond acceptors (Lipinski definition) is 7. The third kappa shape index (κ3) is 8.37. The summed E-state index contributed by atoms with van der Waals surface area (Å²) in [5.41, 5.74) is 14.8. The molecule has 0 aliphatic rings. The Morgan fingerprint density at radius 3 is 2.03 bits per heavy atom. The van der Waals surface area contributed by atoms with Gasteiger partial charge in [0.2, 0.25) is 5.91 Å². The second-order valence-electron chi connectivity index (χ2n) is 6.94. The minimum Gasteiger partial charge on any atom is -0.339 e. The molecule has 0 fully saturated rings. The maximum Gasteiger partial charge on any atom is 0.267 e. The highest BCUT2D eigenvalue weighted by Gasteiger charge is 2.19. The van der Waals surface area contributed by atoms with E-state index in [2.05, 4.69) is 22.5 Å². The average Bonchev–Trinajstić information content (AvgIpc) is 2.84. The van der Waals surface area contributed by atoms with Crippen LogP contribution in [0.4, 0.5) is 5.69 Å². The molecule has 10 nitrogen and oxygen atoms in total. The molecule has 0 bridgehead atoms. The average molecular weight is 465 g/mol. The van der Waals surface area contributed by atoms with Gasteiger partial charge in [0.15, 0.2) is 0 Å². The van der Waals surface area contributed by atoms with Gasteiger partial charge >= 0.3 is 0 Å². The number of nitrogens with one attached hydrogen (secondary N) is 3. The molecule has 2 atom stereocenters. The topological polar surface area (TPSA) is 183 Å². The van der Waals surface area contributed by atoms with Crippen LogP contribution < -0.4 is 27.6 Å². The minimum atomic E-state index is -1.05. The smallest absolute Gasteiger partial charge is 0.267 e. The number of nitrogens with zero attached hydrogens (tertiary/aromatic N) is 1. The van der Waals surface area contributed by atoms with E-state index in [0.717, 1.165) is 0 Å². The molecule has 0 heterocycles. The van der Waals surface area contributed by atoms with E-state index in [1.165, 1.54) is 5.48 Å². The summed E-state index contributed by atoms with van der Waals surface area (Å²) in [5.74, 6) is 4.28. The van der Waals surface area contributed by atoms with Crippen molar-refractivity contribution in [3.05, 3.63) is 65.2 Å². The zero-order valence-electron chi connectivity index (χ0n) is 17.7. The number of rotatable bonds is 8. The molecule has 0 aliphatic heterocycles. The Hall–Kier alpha value is -4.22. The van der Waals surface area contributed by atoms with Gasteiger partial charge in [0.05, 0.1) is 12.1 Å². The van der Waals surface area contributed by atoms with Crippen molar-refractivity contribution in [3.8, 4) is 17.9 Å². The van der Waals surface area contributed by atoms with E-state index in [4.69, 9.17) is 21.9 Å². The van der Waals surface area contributed by atoms with Gasteiger partial charge in [-0.25, -0.2) is 5.48 Å². The molecule has 0 radical (unpaired) electrons. The van der Waals surface area contributed by atoms with Crippen LogP contribution in [0.1, 0.15) is 41.8 Å². The summed E-state index contributed by atoms with van der Waals surface area (Å²) in [4.78, 5) is 35.6. The summed E-state index contributed by atoms with van der Waals surface area (Å²) < 4.78 is 0. The number of benzene rings is 2. The van der Waals surface area contributed by atoms with Crippen LogP contribution in [0.5, 0.6) is 0 Å². The number of amides is 3. The second-order valence-corrected chi connectivity index (χ2v) is 6.94. The lowest BCUT2D eigenvalue weighted by Crippen LogP contribution is -2.50. The van der Waals surface area contributed by atoms with Crippen LogP contribution >= 0.6 is 0 Å². The number of nitrogens with two attached hydrogens (primary N) is 2. The highest BCUT2D eigenvalue weighted by atomic mass is 16.5. The van der Waals surface area contributed by atoms with Crippen molar-refractivity contribution in [2.45, 2.75) is 32.4 Å². The van der Waals surface area contributed by atoms with E-state index in [0.29, 0.717) is 22.4 Å². The molecule has 2 aromatic carbocycles. The first-order valence-corrected chi connectivity index (χ1v) is 9.98. The number of anilines is 1. The highest BCUT2D eigenvalue weighted by Crippen LogP contribution is 2.10. The summed E-state index contributed by atoms with van der Waals surface area (Å²) >= 11 is 0. The molecule has 0 aliphatic carbocycles. The van der Waals surface area contributed by atoms with E-state index in [1.807, 2.05) is 6.07 Å². The molecule has 0 aromatic heterocycles. The summed E-state index contributed by atoms with van der Waals surface area (Å²) in [6, 6.07) is 13.4. The quantitative estimate of drug-likeness (QED) is 0.190. The van der Waals surface area contributed by atoms with Crippen molar-refractivity contribution in [1.82, 2.24) is 10.8 Å². The van der Waals surface area contributed by atoms with E-state index >= 15 is 0 Å². The van der Waals surface area contributed by atoms with Crippen LogP contribution in [0.2, 0.25) is 0 Å². The molecule has 0 saturated carbocycles. The molecule has 0 spiro atoms. The summed E-state index contributed by atoms with van der Waals surface area (Å²) in [6.07, 6.45) is 0.502. The largest absolute Gasteiger partial charge is 0.339 e. The van der Waals surface area contributed by atoms with E-state index in [-0.39, 0.29) is 32.7 Å². The molecule has 34 heavy (non-hydrogen) atoms. The molecule has 0 saturated heterocycles. The van der Waals surface area contributed by atoms with Crippen LogP contribution in [-0.4, -0.2) is 41.6 Å². The SMILES string of the molecule is C.N#CCC[C@H](N)C(=O)Nc1ccc(C#Cc2ccc(C(=O)N[C@@H](CN)C(=O)NO)cc2)cc1. The summed E-state index contributed by atoms with van der Waals surface area (Å²) in [7, 11) is 0. The Morgan fingerprint density at radius 2 is 1.53 bits per heavy atom. The zero-order chi connectivity index (χ0) is 24.2. The Balaban J connectivity index is 0.00000578. The fourth-order valence-electron chi connectivity index (χ4n) is 2.62. The molecular formula is C24H28N6O4. The van der Waals surface area contributed by atoms with Crippen LogP contribution in [-0.2, 0) is 9.59 Å². The van der Waals surface area contributed by atoms with Crippen molar-refractivity contribution < 1.29 is 19.6 Å². The van der Waals surface area contributed by atoms with Crippen LogP contribution in [0.15, 0.2) is 48.5 Å². The molecule has 178 valence electrons. The summed E-state index contributed by atoms with van der Waals surface area (Å²) in [5, 5.41) is 22.3. The second kappa shape index (κ2) is 14.0. The Labute approximate surface area is 198 Å². The first-order chi connectivity index (χ1) is 15.9. The van der Waals surface area contributed by atoms with Crippen molar-refractivity contribution in [3.63, 3.8) is 0 Å². The standard InChI is InChI=1S/C23H24N6O4.CH4/c24-13-1-2-19(26)22(31)27-18-11-7-16(8-12-18)4-3-15-5-9-17(10-6-15)21(30)28-20(14-25)23(32)29-33;/h5-12,19-20,33H,1-2,14,25-26H2,(H,27,31)(H,28,30)(H,29,32);1H4/t19-,20-;/m0./s1. The van der Waals surface area contributed by atoms with Crippen LogP contribution in [0, 0.1) is 23.2 Å². The number of nitriles is 1. The van der Waals surface area contributed by atoms with E-state index in [1.54, 1.807) is 48.5 Å². The van der Waals surface area contributed by atoms with Crippen LogP contribution in [0.3, 0.4) is 0 Å². The first kappa shape index (κ1) is 27.8. The normalized spacial score (nSPS) is 11.4. The van der Waals surface area contributed by atoms with Crippen molar-refractivity contribution in [2.75, 3.05) is 11.9 Å². The van der Waals surface area contributed by atoms with Crippen molar-refractivity contribution in [2.24, 2.45) is 11.5 Å². The lowest BCUT2D eigenvalue weighted by molar-refractivity contribution is -0.130. The number of carbonyl (C=O) groups excluding carboxylic acids is 3. The molecule has 10 heteroatoms. The highest BCUT2D eigenvalue weighted by molar-refractivity contribution is 5.97. The Morgan fingerprint density at radius 1 is 0.971 bits per heavy atom. The van der Waals surface area contributed by atoms with Gasteiger partial charge in [-0.15, -0.1) is 0 Å². The molecule has 2 aromatic rings. The predicted molar refractivity (Wildman–Crippen MR) is 127 cm³/mol. The molecule has 2 rings (SSSR count).